The molecule has 3 nitrogen and oxygen atoms in total. The largest absolute Gasteiger partial charge is 0.305 e. The maximum Gasteiger partial charge on any atom is 0.232 e. The molecule has 5 heteroatoms. The SMILES string of the molecule is O=C(NC1=NCCS1)C12C[C@@H]3C[C@@H](CC(Cl)(C3)C1)C2. The molecule has 4 saturated carbocycles. The van der Waals surface area contributed by atoms with Gasteiger partial charge in [0.15, 0.2) is 5.17 Å². The lowest BCUT2D eigenvalue weighted by molar-refractivity contribution is -0.142. The number of hydrogen-bond acceptors (Lipinski definition) is 3. The van der Waals surface area contributed by atoms with Crippen molar-refractivity contribution in [2.24, 2.45) is 22.2 Å². The van der Waals surface area contributed by atoms with E-state index in [-0.39, 0.29) is 16.2 Å². The molecule has 2 unspecified atom stereocenters. The molecular weight excluding hydrogens is 280 g/mol. The molecule has 1 aliphatic heterocycles. The second-order valence-corrected chi connectivity index (χ2v) is 8.77. The van der Waals surface area contributed by atoms with Gasteiger partial charge in [-0.2, -0.15) is 0 Å². The predicted molar refractivity (Wildman–Crippen MR) is 78.6 cm³/mol. The van der Waals surface area contributed by atoms with Gasteiger partial charge in [-0.3, -0.25) is 9.79 Å². The van der Waals surface area contributed by atoms with Crippen molar-refractivity contribution in [1.29, 1.82) is 0 Å². The van der Waals surface area contributed by atoms with Crippen LogP contribution in [0.5, 0.6) is 0 Å². The summed E-state index contributed by atoms with van der Waals surface area (Å²) < 4.78 is 0. The Hall–Kier alpha value is -0.220. The van der Waals surface area contributed by atoms with Crippen LogP contribution in [0.15, 0.2) is 4.99 Å². The molecule has 0 radical (unpaired) electrons. The van der Waals surface area contributed by atoms with Crippen molar-refractivity contribution in [2.75, 3.05) is 12.3 Å². The Morgan fingerprint density at radius 1 is 1.32 bits per heavy atom. The zero-order chi connectivity index (χ0) is 13.1. The highest BCUT2D eigenvalue weighted by Gasteiger charge is 2.60. The fourth-order valence-electron chi connectivity index (χ4n) is 5.06. The van der Waals surface area contributed by atoms with Gasteiger partial charge in [-0.05, 0) is 50.4 Å². The van der Waals surface area contributed by atoms with E-state index in [4.69, 9.17) is 11.6 Å². The normalized spacial score (nSPS) is 47.3. The summed E-state index contributed by atoms with van der Waals surface area (Å²) in [6, 6.07) is 0. The van der Waals surface area contributed by atoms with E-state index >= 15 is 0 Å². The third-order valence-electron chi connectivity index (χ3n) is 5.28. The Bertz CT molecular complexity index is 450. The van der Waals surface area contributed by atoms with Crippen molar-refractivity contribution in [2.45, 2.75) is 43.4 Å². The van der Waals surface area contributed by atoms with Gasteiger partial charge in [0.05, 0.1) is 12.0 Å². The zero-order valence-corrected chi connectivity index (χ0v) is 12.5. The van der Waals surface area contributed by atoms with Gasteiger partial charge in [0.25, 0.3) is 0 Å². The van der Waals surface area contributed by atoms with Crippen LogP contribution in [-0.4, -0.2) is 28.2 Å². The van der Waals surface area contributed by atoms with E-state index in [9.17, 15) is 4.79 Å². The van der Waals surface area contributed by atoms with Gasteiger partial charge in [0.2, 0.25) is 5.91 Å². The van der Waals surface area contributed by atoms with E-state index in [2.05, 4.69) is 10.3 Å². The Labute approximate surface area is 122 Å². The van der Waals surface area contributed by atoms with Crippen LogP contribution in [0, 0.1) is 17.3 Å². The summed E-state index contributed by atoms with van der Waals surface area (Å²) in [5.74, 6) is 2.53. The molecule has 1 amide bonds. The quantitative estimate of drug-likeness (QED) is 0.756. The molecule has 4 bridgehead atoms. The highest BCUT2D eigenvalue weighted by Crippen LogP contribution is 2.63. The highest BCUT2D eigenvalue weighted by atomic mass is 35.5. The summed E-state index contributed by atoms with van der Waals surface area (Å²) in [5, 5.41) is 3.89. The van der Waals surface area contributed by atoms with E-state index in [1.807, 2.05) is 0 Å². The van der Waals surface area contributed by atoms with Crippen LogP contribution in [0.1, 0.15) is 38.5 Å². The van der Waals surface area contributed by atoms with Gasteiger partial charge in [0.1, 0.15) is 0 Å². The van der Waals surface area contributed by atoms with Crippen LogP contribution >= 0.6 is 23.4 Å². The van der Waals surface area contributed by atoms with Gasteiger partial charge in [-0.1, -0.05) is 11.8 Å². The molecule has 0 spiro atoms. The van der Waals surface area contributed by atoms with Gasteiger partial charge in [0, 0.05) is 10.6 Å². The minimum Gasteiger partial charge on any atom is -0.305 e. The van der Waals surface area contributed by atoms with E-state index in [0.717, 1.165) is 49.6 Å². The lowest BCUT2D eigenvalue weighted by atomic mass is 9.49. The Morgan fingerprint density at radius 3 is 2.63 bits per heavy atom. The van der Waals surface area contributed by atoms with E-state index < -0.39 is 0 Å². The summed E-state index contributed by atoms with van der Waals surface area (Å²) in [7, 11) is 0. The van der Waals surface area contributed by atoms with E-state index in [0.29, 0.717) is 11.8 Å². The number of alkyl halides is 1. The van der Waals surface area contributed by atoms with Crippen molar-refractivity contribution in [3.63, 3.8) is 0 Å². The average Bonchev–Trinajstić information content (AvgIpc) is 2.78. The van der Waals surface area contributed by atoms with Crippen molar-refractivity contribution < 1.29 is 4.79 Å². The molecule has 104 valence electrons. The first kappa shape index (κ1) is 12.5. The molecule has 0 aromatic carbocycles. The molecule has 4 fully saturated rings. The number of nitrogens with one attached hydrogen (secondary N) is 1. The number of halogens is 1. The van der Waals surface area contributed by atoms with Crippen molar-refractivity contribution in [3.8, 4) is 0 Å². The summed E-state index contributed by atoms with van der Waals surface area (Å²) >= 11 is 8.42. The first-order valence-electron chi connectivity index (χ1n) is 7.25. The predicted octanol–water partition coefficient (Wildman–Crippen LogP) is 2.78. The number of amidine groups is 1. The summed E-state index contributed by atoms with van der Waals surface area (Å²) in [6.07, 6.45) is 6.49. The van der Waals surface area contributed by atoms with Gasteiger partial charge < -0.3 is 5.32 Å². The van der Waals surface area contributed by atoms with Crippen molar-refractivity contribution in [1.82, 2.24) is 5.32 Å². The standard InChI is InChI=1S/C14H19ClN2OS/c15-14-6-9-3-10(7-14)5-13(4-9,8-14)11(18)17-12-16-1-2-19-12/h9-10H,1-8H2,(H,16,17,18)/t9-,10+,13?,14?. The number of hydrogen-bond donors (Lipinski definition) is 1. The van der Waals surface area contributed by atoms with E-state index in [1.54, 1.807) is 11.8 Å². The minimum atomic E-state index is -0.197. The number of rotatable bonds is 1. The van der Waals surface area contributed by atoms with Gasteiger partial charge in [-0.25, -0.2) is 0 Å². The van der Waals surface area contributed by atoms with Crippen LogP contribution in [-0.2, 0) is 4.79 Å². The maximum absolute atomic E-state index is 12.7. The average molecular weight is 299 g/mol. The van der Waals surface area contributed by atoms with Crippen molar-refractivity contribution >= 4 is 34.4 Å². The molecule has 1 heterocycles. The number of carbonyl (C=O) groups excluding carboxylic acids is 1. The molecule has 4 atom stereocenters. The van der Waals surface area contributed by atoms with Crippen LogP contribution in [0.4, 0.5) is 0 Å². The smallest absolute Gasteiger partial charge is 0.232 e. The minimum absolute atomic E-state index is 0.0912. The zero-order valence-electron chi connectivity index (χ0n) is 11.0. The first-order chi connectivity index (χ1) is 9.07. The molecule has 0 saturated heterocycles. The molecule has 0 aromatic rings. The number of thioether (sulfide) groups is 1. The van der Waals surface area contributed by atoms with Gasteiger partial charge in [-0.15, -0.1) is 11.6 Å². The number of carbonyl (C=O) groups is 1. The maximum atomic E-state index is 12.7. The highest BCUT2D eigenvalue weighted by molar-refractivity contribution is 8.14. The topological polar surface area (TPSA) is 41.5 Å². The summed E-state index contributed by atoms with van der Waals surface area (Å²) in [4.78, 5) is 17.0. The summed E-state index contributed by atoms with van der Waals surface area (Å²) in [6.45, 7) is 0.831. The van der Waals surface area contributed by atoms with Crippen LogP contribution in [0.25, 0.3) is 0 Å². The number of amides is 1. The first-order valence-corrected chi connectivity index (χ1v) is 8.61. The van der Waals surface area contributed by atoms with Crippen LogP contribution in [0.3, 0.4) is 0 Å². The molecule has 1 N–H and O–H groups in total. The molecule has 4 aliphatic carbocycles. The molecule has 5 aliphatic rings. The third kappa shape index (κ3) is 2.02. The Balaban J connectivity index is 1.57. The lowest BCUT2D eigenvalue weighted by Crippen LogP contribution is -2.58. The molecule has 0 aromatic heterocycles. The van der Waals surface area contributed by atoms with Gasteiger partial charge >= 0.3 is 0 Å². The number of aliphatic imine (C=N–C) groups is 1. The summed E-state index contributed by atoms with van der Waals surface area (Å²) in [5.41, 5.74) is -0.197. The fourth-order valence-corrected chi connectivity index (χ4v) is 6.47. The van der Waals surface area contributed by atoms with E-state index in [1.165, 1.54) is 6.42 Å². The lowest BCUT2D eigenvalue weighted by Gasteiger charge is -2.59. The Kier molecular flexibility index (Phi) is 2.73. The molecular formula is C14H19ClN2OS. The third-order valence-corrected chi connectivity index (χ3v) is 6.61. The van der Waals surface area contributed by atoms with Crippen molar-refractivity contribution in [3.05, 3.63) is 0 Å². The Morgan fingerprint density at radius 2 is 2.05 bits per heavy atom. The fraction of sp³-hybridized carbons (Fsp3) is 0.857. The second kappa shape index (κ2) is 4.14. The van der Waals surface area contributed by atoms with Crippen LogP contribution < -0.4 is 5.32 Å². The number of nitrogens with zero attached hydrogens (tertiary/aromatic N) is 1. The monoisotopic (exact) mass is 298 g/mol. The molecule has 19 heavy (non-hydrogen) atoms. The van der Waals surface area contributed by atoms with Crippen LogP contribution in [0.2, 0.25) is 0 Å². The molecule has 5 rings (SSSR count). The second-order valence-electron chi connectivity index (χ2n) is 6.88.